The summed E-state index contributed by atoms with van der Waals surface area (Å²) in [6.07, 6.45) is 6.35. The molecule has 2 nitrogen and oxygen atoms in total. The van der Waals surface area contributed by atoms with Gasteiger partial charge in [0.15, 0.2) is 0 Å². The molecule has 4 atom stereocenters. The zero-order chi connectivity index (χ0) is 14.8. The first kappa shape index (κ1) is 13.6. The summed E-state index contributed by atoms with van der Waals surface area (Å²) in [5, 5.41) is 10.6. The number of piperidine rings is 1. The summed E-state index contributed by atoms with van der Waals surface area (Å²) < 4.78 is 0. The van der Waals surface area contributed by atoms with Crippen molar-refractivity contribution in [3.63, 3.8) is 0 Å². The van der Waals surface area contributed by atoms with Crippen LogP contribution < -0.4 is 0 Å². The number of hydrogen-bond acceptors (Lipinski definition) is 2. The maximum absolute atomic E-state index is 10.6. The lowest BCUT2D eigenvalue weighted by Gasteiger charge is -2.65. The Hall–Kier alpha value is -1.02. The molecule has 3 aliphatic rings. The molecule has 1 saturated heterocycles. The second-order valence-corrected chi connectivity index (χ2v) is 8.00. The minimum absolute atomic E-state index is 0.119. The molecule has 1 aromatic carbocycles. The van der Waals surface area contributed by atoms with Crippen LogP contribution in [0, 0.1) is 11.3 Å². The van der Waals surface area contributed by atoms with Gasteiger partial charge in [0.25, 0.3) is 0 Å². The number of benzene rings is 1. The molecule has 1 saturated carbocycles. The van der Waals surface area contributed by atoms with Crippen molar-refractivity contribution in [1.29, 1.82) is 0 Å². The average molecular weight is 285 g/mol. The quantitative estimate of drug-likeness (QED) is 0.785. The van der Waals surface area contributed by atoms with Crippen molar-refractivity contribution in [1.82, 2.24) is 4.90 Å². The fourth-order valence-corrected chi connectivity index (χ4v) is 6.12. The van der Waals surface area contributed by atoms with Crippen LogP contribution in [-0.2, 0) is 11.8 Å². The molecule has 2 unspecified atom stereocenters. The maximum Gasteiger partial charge on any atom is 0.119 e. The van der Waals surface area contributed by atoms with Gasteiger partial charge in [-0.3, -0.25) is 0 Å². The summed E-state index contributed by atoms with van der Waals surface area (Å²) in [6.45, 7) is 6.10. The second-order valence-electron chi connectivity index (χ2n) is 8.00. The maximum atomic E-state index is 10.6. The van der Waals surface area contributed by atoms with Crippen LogP contribution in [0.1, 0.15) is 50.7 Å². The van der Waals surface area contributed by atoms with E-state index in [1.807, 2.05) is 12.1 Å². The first-order chi connectivity index (χ1) is 9.98. The minimum Gasteiger partial charge on any atom is -0.508 e. The molecule has 1 aliphatic heterocycles. The van der Waals surface area contributed by atoms with E-state index in [9.17, 15) is 5.11 Å². The van der Waals surface area contributed by atoms with E-state index in [1.54, 1.807) is 0 Å². The van der Waals surface area contributed by atoms with Gasteiger partial charge in [-0.1, -0.05) is 32.4 Å². The van der Waals surface area contributed by atoms with Crippen LogP contribution in [0.4, 0.5) is 0 Å². The van der Waals surface area contributed by atoms with Gasteiger partial charge in [-0.05, 0) is 62.2 Å². The van der Waals surface area contributed by atoms with Crippen molar-refractivity contribution in [3.8, 4) is 5.75 Å². The fourth-order valence-electron chi connectivity index (χ4n) is 6.12. The number of aromatic hydroxyl groups is 1. The summed E-state index contributed by atoms with van der Waals surface area (Å²) in [7, 11) is 2.30. The Balaban J connectivity index is 1.96. The first-order valence-electron chi connectivity index (χ1n) is 8.50. The van der Waals surface area contributed by atoms with E-state index < -0.39 is 0 Å². The molecular formula is C19H27NO. The Morgan fingerprint density at radius 2 is 2.05 bits per heavy atom. The molecule has 0 radical (unpaired) electrons. The molecule has 2 heteroatoms. The monoisotopic (exact) mass is 285 g/mol. The highest BCUT2D eigenvalue weighted by atomic mass is 16.3. The number of nitrogens with zero attached hydrogens (tertiary/aromatic N) is 1. The number of rotatable bonds is 0. The topological polar surface area (TPSA) is 23.5 Å². The largest absolute Gasteiger partial charge is 0.508 e. The van der Waals surface area contributed by atoms with Gasteiger partial charge in [-0.25, -0.2) is 0 Å². The minimum atomic E-state index is 0.119. The summed E-state index contributed by atoms with van der Waals surface area (Å²) in [4.78, 5) is 2.60. The molecule has 0 amide bonds. The molecule has 21 heavy (non-hydrogen) atoms. The summed E-state index contributed by atoms with van der Waals surface area (Å²) in [5.74, 6) is 1.29. The molecule has 4 rings (SSSR count). The number of hydrogen-bond donors (Lipinski definition) is 1. The van der Waals surface area contributed by atoms with Crippen molar-refractivity contribution in [3.05, 3.63) is 29.3 Å². The SMILES string of the molecule is CN1CC[C@]2(C)c3c(O)cccc3CC3CCCC1[C@]32C. The van der Waals surface area contributed by atoms with E-state index in [0.29, 0.717) is 17.2 Å². The van der Waals surface area contributed by atoms with E-state index in [4.69, 9.17) is 0 Å². The fraction of sp³-hybridized carbons (Fsp3) is 0.684. The van der Waals surface area contributed by atoms with Gasteiger partial charge in [0.1, 0.15) is 5.75 Å². The smallest absolute Gasteiger partial charge is 0.119 e. The van der Waals surface area contributed by atoms with E-state index in [2.05, 4.69) is 31.9 Å². The Bertz CT molecular complexity index is 583. The molecule has 0 aromatic heterocycles. The molecule has 0 spiro atoms. The standard InChI is InChI=1S/C19H27NO/c1-18-10-11-20(3)16-9-5-7-14(19(16,18)2)12-13-6-4-8-15(21)17(13)18/h4,6,8,14,16,21H,5,7,9-12H2,1-3H3/t14?,16?,18-,19+/m1/s1. The van der Waals surface area contributed by atoms with Crippen LogP contribution >= 0.6 is 0 Å². The molecule has 2 fully saturated rings. The average Bonchev–Trinajstić information content (AvgIpc) is 2.44. The number of phenols is 1. The van der Waals surface area contributed by atoms with Crippen molar-refractivity contribution in [2.75, 3.05) is 13.6 Å². The van der Waals surface area contributed by atoms with E-state index in [0.717, 1.165) is 25.3 Å². The third-order valence-corrected chi connectivity index (χ3v) is 7.40. The van der Waals surface area contributed by atoms with Gasteiger partial charge < -0.3 is 10.0 Å². The first-order valence-corrected chi connectivity index (χ1v) is 8.50. The van der Waals surface area contributed by atoms with Crippen molar-refractivity contribution in [2.24, 2.45) is 11.3 Å². The Morgan fingerprint density at radius 3 is 2.86 bits per heavy atom. The Morgan fingerprint density at radius 1 is 1.24 bits per heavy atom. The van der Waals surface area contributed by atoms with Gasteiger partial charge in [0.05, 0.1) is 0 Å². The van der Waals surface area contributed by atoms with E-state index in [1.165, 1.54) is 30.4 Å². The number of fused-ring (bicyclic) bond motifs is 2. The molecule has 1 heterocycles. The molecular weight excluding hydrogens is 258 g/mol. The zero-order valence-electron chi connectivity index (χ0n) is 13.5. The molecule has 2 aliphatic carbocycles. The van der Waals surface area contributed by atoms with Crippen LogP contribution in [0.2, 0.25) is 0 Å². The summed E-state index contributed by atoms with van der Waals surface area (Å²) in [6, 6.07) is 6.84. The highest BCUT2D eigenvalue weighted by Crippen LogP contribution is 2.64. The lowest BCUT2D eigenvalue weighted by Crippen LogP contribution is -2.66. The number of likely N-dealkylation sites (tertiary alicyclic amines) is 1. The third-order valence-electron chi connectivity index (χ3n) is 7.40. The Labute approximate surface area is 128 Å². The van der Waals surface area contributed by atoms with Crippen molar-refractivity contribution < 1.29 is 5.11 Å². The highest BCUT2D eigenvalue weighted by Gasteiger charge is 2.62. The molecule has 0 bridgehead atoms. The Kier molecular flexibility index (Phi) is 2.76. The molecule has 114 valence electrons. The van der Waals surface area contributed by atoms with Crippen LogP contribution in [0.5, 0.6) is 5.75 Å². The highest BCUT2D eigenvalue weighted by molar-refractivity contribution is 5.50. The van der Waals surface area contributed by atoms with Crippen LogP contribution in [0.25, 0.3) is 0 Å². The van der Waals surface area contributed by atoms with Gasteiger partial charge in [-0.15, -0.1) is 0 Å². The van der Waals surface area contributed by atoms with E-state index >= 15 is 0 Å². The van der Waals surface area contributed by atoms with Gasteiger partial charge in [0.2, 0.25) is 0 Å². The summed E-state index contributed by atoms with van der Waals surface area (Å²) in [5.41, 5.74) is 3.09. The molecule has 1 N–H and O–H groups in total. The predicted octanol–water partition coefficient (Wildman–Crippen LogP) is 3.72. The lowest BCUT2D eigenvalue weighted by atomic mass is 9.43. The lowest BCUT2D eigenvalue weighted by molar-refractivity contribution is -0.103. The normalized spacial score (nSPS) is 42.2. The van der Waals surface area contributed by atoms with E-state index in [-0.39, 0.29) is 5.41 Å². The van der Waals surface area contributed by atoms with Crippen LogP contribution in [0.15, 0.2) is 18.2 Å². The zero-order valence-corrected chi connectivity index (χ0v) is 13.5. The van der Waals surface area contributed by atoms with Crippen LogP contribution in [0.3, 0.4) is 0 Å². The van der Waals surface area contributed by atoms with Gasteiger partial charge in [-0.2, -0.15) is 0 Å². The third kappa shape index (κ3) is 1.52. The van der Waals surface area contributed by atoms with Crippen molar-refractivity contribution in [2.45, 2.75) is 57.4 Å². The van der Waals surface area contributed by atoms with Gasteiger partial charge >= 0.3 is 0 Å². The number of phenolic OH excluding ortho intramolecular Hbond substituents is 1. The molecule has 1 aromatic rings. The van der Waals surface area contributed by atoms with Crippen LogP contribution in [-0.4, -0.2) is 29.6 Å². The predicted molar refractivity (Wildman–Crippen MR) is 85.6 cm³/mol. The van der Waals surface area contributed by atoms with Gasteiger partial charge in [0, 0.05) is 17.0 Å². The summed E-state index contributed by atoms with van der Waals surface area (Å²) >= 11 is 0. The van der Waals surface area contributed by atoms with Crippen molar-refractivity contribution >= 4 is 0 Å². The second kappa shape index (κ2) is 4.25.